The van der Waals surface area contributed by atoms with Gasteiger partial charge in [0.05, 0.1) is 5.56 Å². The third-order valence-corrected chi connectivity index (χ3v) is 5.50. The van der Waals surface area contributed by atoms with Gasteiger partial charge in [-0.3, -0.25) is 4.79 Å². The van der Waals surface area contributed by atoms with Crippen LogP contribution in [-0.2, 0) is 0 Å². The highest BCUT2D eigenvalue weighted by Crippen LogP contribution is 2.35. The Morgan fingerprint density at radius 3 is 2.56 bits per heavy atom. The first-order valence-electron chi connectivity index (χ1n) is 10.1. The lowest BCUT2D eigenvalue weighted by Crippen LogP contribution is -2.49. The Balaban J connectivity index is 1.37. The number of anilines is 1. The van der Waals surface area contributed by atoms with Gasteiger partial charge < -0.3 is 23.8 Å². The maximum atomic E-state index is 14.3. The van der Waals surface area contributed by atoms with Crippen LogP contribution in [0.4, 0.5) is 19.2 Å². The molecule has 0 unspecified atom stereocenters. The Hall–Kier alpha value is -4.53. The van der Waals surface area contributed by atoms with Crippen molar-refractivity contribution in [3.05, 3.63) is 59.0 Å². The Labute approximate surface area is 189 Å². The molecule has 1 aliphatic heterocycles. The number of hydrogen-bond donors (Lipinski definition) is 1. The van der Waals surface area contributed by atoms with Gasteiger partial charge in [-0.1, -0.05) is 17.3 Å². The Morgan fingerprint density at radius 2 is 1.85 bits per heavy atom. The first-order valence-corrected chi connectivity index (χ1v) is 10.1. The van der Waals surface area contributed by atoms with Crippen LogP contribution >= 0.6 is 0 Å². The fraction of sp³-hybridized carbons (Fsp3) is 0.182. The van der Waals surface area contributed by atoms with E-state index < -0.39 is 51.7 Å². The largest absolute Gasteiger partial charge is 0.503 e. The first kappa shape index (κ1) is 21.3. The average Bonchev–Trinajstić information content (AvgIpc) is 3.49. The second-order valence-corrected chi connectivity index (χ2v) is 7.47. The van der Waals surface area contributed by atoms with Crippen LogP contribution in [0.15, 0.2) is 39.3 Å². The highest BCUT2D eigenvalue weighted by Gasteiger charge is 2.32. The maximum Gasteiger partial charge on any atom is 0.298 e. The lowest BCUT2D eigenvalue weighted by Gasteiger charge is -2.33. The summed E-state index contributed by atoms with van der Waals surface area (Å²) in [5.74, 6) is -7.71. The van der Waals surface area contributed by atoms with E-state index in [1.165, 1.54) is 4.90 Å². The molecule has 0 radical (unpaired) electrons. The van der Waals surface area contributed by atoms with Crippen LogP contribution in [0, 0.1) is 28.8 Å². The predicted molar refractivity (Wildman–Crippen MR) is 110 cm³/mol. The molecule has 2 aromatic carbocycles. The molecular formula is C22H14F3N5O4. The summed E-state index contributed by atoms with van der Waals surface area (Å²) >= 11 is 0. The van der Waals surface area contributed by atoms with Crippen molar-refractivity contribution in [3.63, 3.8) is 0 Å². The van der Waals surface area contributed by atoms with Crippen LogP contribution in [0.25, 0.3) is 22.4 Å². The summed E-state index contributed by atoms with van der Waals surface area (Å²) in [6.45, 7) is 1.25. The number of aromatic hydroxyl groups is 1. The van der Waals surface area contributed by atoms with Gasteiger partial charge in [0, 0.05) is 26.2 Å². The number of hydrogen-bond acceptors (Lipinski definition) is 8. The molecule has 2 aromatic heterocycles. The Morgan fingerprint density at radius 1 is 1.12 bits per heavy atom. The molecule has 4 aromatic rings. The number of piperazine rings is 1. The highest BCUT2D eigenvalue weighted by molar-refractivity contribution is 5.96. The van der Waals surface area contributed by atoms with Crippen molar-refractivity contribution in [1.82, 2.24) is 15.0 Å². The summed E-state index contributed by atoms with van der Waals surface area (Å²) in [5.41, 5.74) is -0.256. The number of para-hydroxylation sites is 2. The normalized spacial score (nSPS) is 13.9. The summed E-state index contributed by atoms with van der Waals surface area (Å²) in [6, 6.07) is 9.82. The van der Waals surface area contributed by atoms with E-state index in [9.17, 15) is 28.3 Å². The molecule has 0 aliphatic carbocycles. The fourth-order valence-corrected chi connectivity index (χ4v) is 3.73. The zero-order chi connectivity index (χ0) is 24.0. The molecule has 0 bridgehead atoms. The number of halogens is 3. The lowest BCUT2D eigenvalue weighted by molar-refractivity contribution is 0.0734. The van der Waals surface area contributed by atoms with E-state index >= 15 is 0 Å². The molecule has 1 fully saturated rings. The van der Waals surface area contributed by atoms with Gasteiger partial charge in [0.2, 0.25) is 5.82 Å². The van der Waals surface area contributed by atoms with Gasteiger partial charge in [-0.25, -0.2) is 8.78 Å². The topological polar surface area (TPSA) is 120 Å². The number of aromatic nitrogens is 2. The number of oxazole rings is 1. The minimum atomic E-state index is -1.78. The van der Waals surface area contributed by atoms with E-state index in [2.05, 4.69) is 10.1 Å². The number of carbonyl (C=O) groups excluding carboxylic acids is 1. The third kappa shape index (κ3) is 3.38. The van der Waals surface area contributed by atoms with Crippen molar-refractivity contribution in [2.75, 3.05) is 31.1 Å². The molecule has 0 atom stereocenters. The summed E-state index contributed by atoms with van der Waals surface area (Å²) in [4.78, 5) is 20.7. The van der Waals surface area contributed by atoms with Crippen LogP contribution in [0.2, 0.25) is 0 Å². The third-order valence-electron chi connectivity index (χ3n) is 5.50. The molecule has 0 saturated carbocycles. The number of rotatable bonds is 3. The molecule has 1 aliphatic rings. The number of fused-ring (bicyclic) bond motifs is 1. The number of phenolic OH excluding ortho intramolecular Hbond substituents is 1. The van der Waals surface area contributed by atoms with E-state index in [4.69, 9.17) is 8.94 Å². The van der Waals surface area contributed by atoms with E-state index in [1.807, 2.05) is 23.1 Å². The summed E-state index contributed by atoms with van der Waals surface area (Å²) < 4.78 is 52.1. The number of carbonyl (C=O) groups is 1. The van der Waals surface area contributed by atoms with Crippen molar-refractivity contribution in [1.29, 1.82) is 5.26 Å². The van der Waals surface area contributed by atoms with Gasteiger partial charge in [0.1, 0.15) is 17.1 Å². The second kappa shape index (κ2) is 8.11. The molecule has 9 nitrogen and oxygen atoms in total. The molecular weight excluding hydrogens is 455 g/mol. The van der Waals surface area contributed by atoms with Crippen LogP contribution in [0.1, 0.15) is 16.1 Å². The minimum Gasteiger partial charge on any atom is -0.503 e. The molecule has 1 N–H and O–H groups in total. The van der Waals surface area contributed by atoms with Gasteiger partial charge in [0.25, 0.3) is 11.9 Å². The Kier molecular flexibility index (Phi) is 5.09. The minimum absolute atomic E-state index is 0.241. The van der Waals surface area contributed by atoms with Gasteiger partial charge in [-0.2, -0.15) is 14.6 Å². The molecule has 0 spiro atoms. The molecule has 34 heavy (non-hydrogen) atoms. The average molecular weight is 469 g/mol. The second-order valence-electron chi connectivity index (χ2n) is 7.47. The van der Waals surface area contributed by atoms with E-state index in [0.29, 0.717) is 36.3 Å². The van der Waals surface area contributed by atoms with Gasteiger partial charge in [0.15, 0.2) is 34.4 Å². The van der Waals surface area contributed by atoms with E-state index in [0.717, 1.165) is 0 Å². The van der Waals surface area contributed by atoms with Gasteiger partial charge >= 0.3 is 0 Å². The predicted octanol–water partition coefficient (Wildman–Crippen LogP) is 3.44. The molecule has 12 heteroatoms. The summed E-state index contributed by atoms with van der Waals surface area (Å²) in [7, 11) is 0. The highest BCUT2D eigenvalue weighted by atomic mass is 19.2. The molecule has 5 rings (SSSR count). The van der Waals surface area contributed by atoms with Gasteiger partial charge in [-0.05, 0) is 18.2 Å². The zero-order valence-corrected chi connectivity index (χ0v) is 17.3. The number of nitriles is 1. The Bertz CT molecular complexity index is 1430. The molecule has 172 valence electrons. The summed E-state index contributed by atoms with van der Waals surface area (Å²) in [6.07, 6.45) is 0. The first-order chi connectivity index (χ1) is 16.4. The molecule has 3 heterocycles. The fourth-order valence-electron chi connectivity index (χ4n) is 3.73. The van der Waals surface area contributed by atoms with E-state index in [1.54, 1.807) is 12.1 Å². The molecule has 1 amide bonds. The monoisotopic (exact) mass is 469 g/mol. The quantitative estimate of drug-likeness (QED) is 0.453. The molecule has 1 saturated heterocycles. The summed E-state index contributed by atoms with van der Waals surface area (Å²) in [5, 5.41) is 22.6. The SMILES string of the molecule is N#Cc1c(C(=O)N2CCN(c3nc4ccccc4o3)CC2)noc1-c1cc(F)c(F)c(O)c1F. The van der Waals surface area contributed by atoms with Crippen molar-refractivity contribution in [2.24, 2.45) is 0 Å². The van der Waals surface area contributed by atoms with Crippen molar-refractivity contribution >= 4 is 23.0 Å². The zero-order valence-electron chi connectivity index (χ0n) is 17.3. The van der Waals surface area contributed by atoms with E-state index in [-0.39, 0.29) is 13.1 Å². The smallest absolute Gasteiger partial charge is 0.298 e. The van der Waals surface area contributed by atoms with Crippen molar-refractivity contribution in [2.45, 2.75) is 0 Å². The standard InChI is InChI=1S/C22H14F3N5O4/c23-13-9-11(16(24)19(31)17(13)25)20-12(10-26)18(28-34-20)21(32)29-5-7-30(8-6-29)22-27-14-3-1-2-4-15(14)33-22/h1-4,9,31H,5-8H2. The van der Waals surface area contributed by atoms with Crippen LogP contribution in [0.3, 0.4) is 0 Å². The van der Waals surface area contributed by atoms with Crippen LogP contribution < -0.4 is 4.90 Å². The van der Waals surface area contributed by atoms with Crippen molar-refractivity contribution < 1.29 is 32.0 Å². The number of nitrogens with zero attached hydrogens (tertiary/aromatic N) is 5. The lowest BCUT2D eigenvalue weighted by atomic mass is 10.1. The van der Waals surface area contributed by atoms with Crippen molar-refractivity contribution in [3.8, 4) is 23.1 Å². The van der Waals surface area contributed by atoms with Gasteiger partial charge in [-0.15, -0.1) is 0 Å². The van der Waals surface area contributed by atoms with Crippen LogP contribution in [0.5, 0.6) is 5.75 Å². The van der Waals surface area contributed by atoms with Crippen LogP contribution in [-0.4, -0.2) is 52.2 Å². The number of amides is 1. The number of phenols is 1. The number of benzene rings is 2. The maximum absolute atomic E-state index is 14.3.